The Morgan fingerprint density at radius 2 is 2.11 bits per heavy atom. The molecule has 0 aliphatic rings. The number of nitriles is 1. The highest BCUT2D eigenvalue weighted by Gasteiger charge is 2.03. The fourth-order valence-electron chi connectivity index (χ4n) is 1.39. The van der Waals surface area contributed by atoms with E-state index in [1.54, 1.807) is 37.6 Å². The summed E-state index contributed by atoms with van der Waals surface area (Å²) >= 11 is 0. The minimum atomic E-state index is 0.287. The molecule has 0 aliphatic carbocycles. The summed E-state index contributed by atoms with van der Waals surface area (Å²) in [5, 5.41) is 11.8. The van der Waals surface area contributed by atoms with E-state index in [1.165, 1.54) is 0 Å². The fourth-order valence-corrected chi connectivity index (χ4v) is 1.39. The number of ether oxygens (including phenoxy) is 1. The van der Waals surface area contributed by atoms with E-state index >= 15 is 0 Å². The van der Waals surface area contributed by atoms with Crippen molar-refractivity contribution in [3.63, 3.8) is 0 Å². The van der Waals surface area contributed by atoms with Crippen LogP contribution in [0.2, 0.25) is 0 Å². The molecule has 0 fully saturated rings. The highest BCUT2D eigenvalue weighted by molar-refractivity contribution is 5.42. The van der Waals surface area contributed by atoms with Crippen LogP contribution in [0.15, 0.2) is 36.7 Å². The Labute approximate surface area is 105 Å². The van der Waals surface area contributed by atoms with Crippen LogP contribution in [0, 0.1) is 11.3 Å². The molecular formula is C13H12N4O. The predicted octanol–water partition coefficient (Wildman–Crippen LogP) is 1.97. The van der Waals surface area contributed by atoms with Crippen LogP contribution >= 0.6 is 0 Å². The lowest BCUT2D eigenvalue weighted by Crippen LogP contribution is -2.01. The van der Waals surface area contributed by atoms with Crippen molar-refractivity contribution in [1.82, 2.24) is 9.97 Å². The first kappa shape index (κ1) is 11.9. The third kappa shape index (κ3) is 2.74. The zero-order chi connectivity index (χ0) is 12.8. The van der Waals surface area contributed by atoms with Crippen LogP contribution in [-0.2, 0) is 6.61 Å². The summed E-state index contributed by atoms with van der Waals surface area (Å²) in [4.78, 5) is 8.32. The van der Waals surface area contributed by atoms with Gasteiger partial charge in [0.2, 0.25) is 0 Å². The first-order chi connectivity index (χ1) is 8.83. The van der Waals surface area contributed by atoms with Crippen LogP contribution in [0.4, 0.5) is 5.82 Å². The van der Waals surface area contributed by atoms with Crippen molar-refractivity contribution < 1.29 is 4.74 Å². The van der Waals surface area contributed by atoms with Crippen LogP contribution in [0.3, 0.4) is 0 Å². The van der Waals surface area contributed by atoms with Gasteiger partial charge in [-0.2, -0.15) is 5.26 Å². The van der Waals surface area contributed by atoms with Gasteiger partial charge in [0.1, 0.15) is 24.2 Å². The molecule has 1 heterocycles. The molecule has 90 valence electrons. The molecule has 1 aromatic carbocycles. The SMILES string of the molecule is CNc1cnc(COc2ccccc2C#N)cn1. The number of hydrogen-bond donors (Lipinski definition) is 1. The van der Waals surface area contributed by atoms with Gasteiger partial charge in [0.25, 0.3) is 0 Å². The molecule has 0 amide bonds. The van der Waals surface area contributed by atoms with Gasteiger partial charge < -0.3 is 10.1 Å². The Bertz CT molecular complexity index is 560. The number of nitrogens with zero attached hydrogens (tertiary/aromatic N) is 3. The summed E-state index contributed by atoms with van der Waals surface area (Å²) in [5.74, 6) is 1.26. The van der Waals surface area contributed by atoms with Crippen molar-refractivity contribution in [2.24, 2.45) is 0 Å². The summed E-state index contributed by atoms with van der Waals surface area (Å²) in [6, 6.07) is 9.17. The van der Waals surface area contributed by atoms with E-state index in [0.717, 1.165) is 0 Å². The second-order valence-electron chi connectivity index (χ2n) is 3.54. The second kappa shape index (κ2) is 5.64. The minimum absolute atomic E-state index is 0.287. The Balaban J connectivity index is 2.05. The largest absolute Gasteiger partial charge is 0.486 e. The number of para-hydroxylation sites is 1. The Morgan fingerprint density at radius 3 is 2.78 bits per heavy atom. The van der Waals surface area contributed by atoms with E-state index < -0.39 is 0 Å². The standard InChI is InChI=1S/C13H12N4O/c1-15-13-8-16-11(7-17-13)9-18-12-5-3-2-4-10(12)6-14/h2-5,7-8H,9H2,1H3,(H,15,17). The van der Waals surface area contributed by atoms with Gasteiger partial charge in [-0.25, -0.2) is 4.98 Å². The van der Waals surface area contributed by atoms with E-state index in [1.807, 2.05) is 6.07 Å². The van der Waals surface area contributed by atoms with Crippen molar-refractivity contribution in [1.29, 1.82) is 5.26 Å². The van der Waals surface area contributed by atoms with E-state index in [2.05, 4.69) is 21.4 Å². The Kier molecular flexibility index (Phi) is 3.72. The average Bonchev–Trinajstić information content (AvgIpc) is 2.46. The average molecular weight is 240 g/mol. The molecule has 0 saturated carbocycles. The van der Waals surface area contributed by atoms with E-state index in [0.29, 0.717) is 22.8 Å². The van der Waals surface area contributed by atoms with Gasteiger partial charge in [0, 0.05) is 7.05 Å². The van der Waals surface area contributed by atoms with Crippen LogP contribution in [0.1, 0.15) is 11.3 Å². The lowest BCUT2D eigenvalue weighted by atomic mass is 10.2. The molecule has 0 atom stereocenters. The zero-order valence-electron chi connectivity index (χ0n) is 9.92. The van der Waals surface area contributed by atoms with Gasteiger partial charge in [-0.1, -0.05) is 12.1 Å². The first-order valence-electron chi connectivity index (χ1n) is 5.44. The summed E-state index contributed by atoms with van der Waals surface area (Å²) in [5.41, 5.74) is 1.22. The van der Waals surface area contributed by atoms with Gasteiger partial charge in [-0.15, -0.1) is 0 Å². The maximum atomic E-state index is 8.92. The predicted molar refractivity (Wildman–Crippen MR) is 67.1 cm³/mol. The number of rotatable bonds is 4. The maximum absolute atomic E-state index is 8.92. The Hall–Kier alpha value is -2.61. The third-order valence-corrected chi connectivity index (χ3v) is 2.34. The van der Waals surface area contributed by atoms with Crippen molar-refractivity contribution in [3.8, 4) is 11.8 Å². The molecule has 0 radical (unpaired) electrons. The minimum Gasteiger partial charge on any atom is -0.486 e. The smallest absolute Gasteiger partial charge is 0.144 e. The van der Waals surface area contributed by atoms with Gasteiger partial charge in [-0.3, -0.25) is 4.98 Å². The molecule has 5 heteroatoms. The lowest BCUT2D eigenvalue weighted by molar-refractivity contribution is 0.300. The molecule has 5 nitrogen and oxygen atoms in total. The molecule has 0 bridgehead atoms. The molecule has 1 N–H and O–H groups in total. The van der Waals surface area contributed by atoms with E-state index in [4.69, 9.17) is 10.00 Å². The molecule has 2 rings (SSSR count). The topological polar surface area (TPSA) is 70.8 Å². The Morgan fingerprint density at radius 1 is 1.28 bits per heavy atom. The molecule has 18 heavy (non-hydrogen) atoms. The van der Waals surface area contributed by atoms with Gasteiger partial charge >= 0.3 is 0 Å². The number of benzene rings is 1. The monoisotopic (exact) mass is 240 g/mol. The molecular weight excluding hydrogens is 228 g/mol. The van der Waals surface area contributed by atoms with Crippen LogP contribution in [-0.4, -0.2) is 17.0 Å². The molecule has 2 aromatic rings. The quantitative estimate of drug-likeness (QED) is 0.884. The van der Waals surface area contributed by atoms with Crippen LogP contribution < -0.4 is 10.1 Å². The highest BCUT2D eigenvalue weighted by Crippen LogP contribution is 2.17. The first-order valence-corrected chi connectivity index (χ1v) is 5.44. The number of hydrogen-bond acceptors (Lipinski definition) is 5. The summed E-state index contributed by atoms with van der Waals surface area (Å²) in [7, 11) is 1.78. The molecule has 0 spiro atoms. The van der Waals surface area contributed by atoms with E-state index in [9.17, 15) is 0 Å². The summed E-state index contributed by atoms with van der Waals surface area (Å²) in [6.07, 6.45) is 3.27. The molecule has 0 unspecified atom stereocenters. The van der Waals surface area contributed by atoms with Crippen molar-refractivity contribution in [2.45, 2.75) is 6.61 Å². The van der Waals surface area contributed by atoms with E-state index in [-0.39, 0.29) is 6.61 Å². The normalized spacial score (nSPS) is 9.56. The van der Waals surface area contributed by atoms with Crippen LogP contribution in [0.25, 0.3) is 0 Å². The van der Waals surface area contributed by atoms with Crippen LogP contribution in [0.5, 0.6) is 5.75 Å². The summed E-state index contributed by atoms with van der Waals surface area (Å²) < 4.78 is 5.54. The number of aromatic nitrogens is 2. The molecule has 0 aliphatic heterocycles. The third-order valence-electron chi connectivity index (χ3n) is 2.34. The second-order valence-corrected chi connectivity index (χ2v) is 3.54. The van der Waals surface area contributed by atoms with Gasteiger partial charge in [0.05, 0.1) is 23.7 Å². The number of nitrogens with one attached hydrogen (secondary N) is 1. The molecule has 0 saturated heterocycles. The summed E-state index contributed by atoms with van der Waals surface area (Å²) in [6.45, 7) is 0.287. The molecule has 1 aromatic heterocycles. The number of anilines is 1. The van der Waals surface area contributed by atoms with Crippen molar-refractivity contribution in [2.75, 3.05) is 12.4 Å². The maximum Gasteiger partial charge on any atom is 0.144 e. The van der Waals surface area contributed by atoms with Gasteiger partial charge in [0.15, 0.2) is 0 Å². The lowest BCUT2D eigenvalue weighted by Gasteiger charge is -2.07. The fraction of sp³-hybridized carbons (Fsp3) is 0.154. The van der Waals surface area contributed by atoms with Crippen molar-refractivity contribution >= 4 is 5.82 Å². The van der Waals surface area contributed by atoms with Gasteiger partial charge in [-0.05, 0) is 12.1 Å². The zero-order valence-corrected chi connectivity index (χ0v) is 9.92. The van der Waals surface area contributed by atoms with Crippen molar-refractivity contribution in [3.05, 3.63) is 47.9 Å². The highest BCUT2D eigenvalue weighted by atomic mass is 16.5.